The molecule has 0 bridgehead atoms. The summed E-state index contributed by atoms with van der Waals surface area (Å²) in [5, 5.41) is 1.16. The smallest absolute Gasteiger partial charge is 0.190 e. The molecule has 0 atom stereocenters. The van der Waals surface area contributed by atoms with Crippen LogP contribution in [-0.4, -0.2) is 22.8 Å². The zero-order valence-corrected chi connectivity index (χ0v) is 11.9. The topological polar surface area (TPSA) is 29.0 Å². The van der Waals surface area contributed by atoms with Crippen molar-refractivity contribution in [1.29, 1.82) is 0 Å². The molecule has 0 unspecified atom stereocenters. The van der Waals surface area contributed by atoms with Crippen molar-refractivity contribution in [2.24, 2.45) is 0 Å². The van der Waals surface area contributed by atoms with Gasteiger partial charge in [-0.05, 0) is 25.3 Å². The summed E-state index contributed by atoms with van der Waals surface area (Å²) in [5.41, 5.74) is 1.10. The normalized spacial score (nSPS) is 10.4. The Morgan fingerprint density at radius 2 is 1.94 bits per heavy atom. The average Bonchev–Trinajstić information content (AvgIpc) is 2.40. The minimum absolute atomic E-state index is 0.471. The molecular weight excluding hydrogens is 266 g/mol. The van der Waals surface area contributed by atoms with Crippen LogP contribution in [-0.2, 0) is 0 Å². The van der Waals surface area contributed by atoms with Gasteiger partial charge in [0.2, 0.25) is 0 Å². The highest BCUT2D eigenvalue weighted by atomic mass is 35.5. The fourth-order valence-electron chi connectivity index (χ4n) is 1.70. The number of anilines is 2. The largest absolute Gasteiger partial charge is 0.326 e. The number of benzene rings is 1. The maximum absolute atomic E-state index is 6.03. The van der Waals surface area contributed by atoms with E-state index < -0.39 is 0 Å². The van der Waals surface area contributed by atoms with Crippen molar-refractivity contribution in [2.45, 2.75) is 12.1 Å². The molecule has 94 valence electrons. The molecule has 0 aliphatic carbocycles. The Morgan fingerprint density at radius 3 is 2.56 bits per heavy atom. The predicted molar refractivity (Wildman–Crippen MR) is 77.9 cm³/mol. The highest BCUT2D eigenvalue weighted by Crippen LogP contribution is 2.26. The molecule has 3 nitrogen and oxygen atoms in total. The second-order valence-corrected chi connectivity index (χ2v) is 4.78. The number of hydrogen-bond donors (Lipinski definition) is 0. The molecule has 0 saturated carbocycles. The molecule has 2 rings (SSSR count). The zero-order valence-electron chi connectivity index (χ0n) is 10.3. The molecule has 0 spiro atoms. The molecule has 1 aromatic heterocycles. The summed E-state index contributed by atoms with van der Waals surface area (Å²) < 4.78 is 0. The molecular formula is C13H14ClN3S. The van der Waals surface area contributed by atoms with Gasteiger partial charge in [0.1, 0.15) is 11.0 Å². The fourth-order valence-corrected chi connectivity index (χ4v) is 2.30. The first-order valence-electron chi connectivity index (χ1n) is 5.65. The molecule has 0 aliphatic heterocycles. The third kappa shape index (κ3) is 2.94. The van der Waals surface area contributed by atoms with E-state index >= 15 is 0 Å². The van der Waals surface area contributed by atoms with Gasteiger partial charge in [0, 0.05) is 18.3 Å². The molecule has 0 radical (unpaired) electrons. The molecule has 0 fully saturated rings. The summed E-state index contributed by atoms with van der Waals surface area (Å²) in [6.45, 7) is 2.91. The minimum Gasteiger partial charge on any atom is -0.326 e. The zero-order chi connectivity index (χ0) is 13.0. The summed E-state index contributed by atoms with van der Waals surface area (Å²) in [4.78, 5) is 10.8. The monoisotopic (exact) mass is 279 g/mol. The van der Waals surface area contributed by atoms with Gasteiger partial charge in [0.15, 0.2) is 5.16 Å². The van der Waals surface area contributed by atoms with E-state index in [9.17, 15) is 0 Å². The van der Waals surface area contributed by atoms with Crippen molar-refractivity contribution in [3.63, 3.8) is 0 Å². The van der Waals surface area contributed by atoms with Crippen molar-refractivity contribution >= 4 is 34.9 Å². The van der Waals surface area contributed by atoms with Crippen LogP contribution >= 0.6 is 23.4 Å². The van der Waals surface area contributed by atoms with Gasteiger partial charge >= 0.3 is 0 Å². The first-order valence-corrected chi connectivity index (χ1v) is 7.26. The van der Waals surface area contributed by atoms with Gasteiger partial charge in [-0.1, -0.05) is 41.6 Å². The number of para-hydroxylation sites is 1. The summed E-state index contributed by atoms with van der Waals surface area (Å²) in [5.74, 6) is 0.827. The van der Waals surface area contributed by atoms with Crippen LogP contribution in [0, 0.1) is 0 Å². The second kappa shape index (κ2) is 6.07. The predicted octanol–water partition coefficient (Wildman–Crippen LogP) is 4.01. The Bertz CT molecular complexity index is 519. The molecule has 1 heterocycles. The van der Waals surface area contributed by atoms with Crippen molar-refractivity contribution in [2.75, 3.05) is 17.7 Å². The summed E-state index contributed by atoms with van der Waals surface area (Å²) in [6.07, 6.45) is 1.94. The Hall–Kier alpha value is -1.26. The van der Waals surface area contributed by atoms with Gasteiger partial charge in [-0.3, -0.25) is 0 Å². The van der Waals surface area contributed by atoms with E-state index in [1.54, 1.807) is 6.07 Å². The van der Waals surface area contributed by atoms with E-state index in [2.05, 4.69) is 33.9 Å². The standard InChI is InChI=1S/C13H14ClN3S/c1-3-17(10-7-5-4-6-8-10)12-9-11(14)15-13(16-12)18-2/h4-9H,3H2,1-2H3. The lowest BCUT2D eigenvalue weighted by atomic mass is 10.3. The fraction of sp³-hybridized carbons (Fsp3) is 0.231. The molecule has 18 heavy (non-hydrogen) atoms. The van der Waals surface area contributed by atoms with Crippen molar-refractivity contribution in [1.82, 2.24) is 9.97 Å². The van der Waals surface area contributed by atoms with Gasteiger partial charge < -0.3 is 4.90 Å². The van der Waals surface area contributed by atoms with Crippen molar-refractivity contribution in [3.8, 4) is 0 Å². The Balaban J connectivity index is 2.42. The lowest BCUT2D eigenvalue weighted by Gasteiger charge is -2.22. The average molecular weight is 280 g/mol. The van der Waals surface area contributed by atoms with E-state index in [1.165, 1.54) is 11.8 Å². The van der Waals surface area contributed by atoms with E-state index in [4.69, 9.17) is 11.6 Å². The van der Waals surface area contributed by atoms with Gasteiger partial charge in [-0.2, -0.15) is 0 Å². The maximum Gasteiger partial charge on any atom is 0.190 e. The van der Waals surface area contributed by atoms with Gasteiger partial charge in [-0.25, -0.2) is 9.97 Å². The Kier molecular flexibility index (Phi) is 4.44. The highest BCUT2D eigenvalue weighted by Gasteiger charge is 2.11. The summed E-state index contributed by atoms with van der Waals surface area (Å²) in [7, 11) is 0. The van der Waals surface area contributed by atoms with Gasteiger partial charge in [0.25, 0.3) is 0 Å². The lowest BCUT2D eigenvalue weighted by molar-refractivity contribution is 0.910. The van der Waals surface area contributed by atoms with Crippen LogP contribution in [0.4, 0.5) is 11.5 Å². The van der Waals surface area contributed by atoms with Gasteiger partial charge in [-0.15, -0.1) is 0 Å². The number of nitrogens with zero attached hydrogens (tertiary/aromatic N) is 3. The van der Waals surface area contributed by atoms with E-state index in [0.29, 0.717) is 10.3 Å². The summed E-state index contributed by atoms with van der Waals surface area (Å²) >= 11 is 7.51. The lowest BCUT2D eigenvalue weighted by Crippen LogP contribution is -2.17. The first kappa shape index (κ1) is 13.2. The number of rotatable bonds is 4. The molecule has 2 aromatic rings. The quantitative estimate of drug-likeness (QED) is 0.480. The van der Waals surface area contributed by atoms with Gasteiger partial charge in [0.05, 0.1) is 0 Å². The third-order valence-electron chi connectivity index (χ3n) is 2.50. The molecule has 1 aromatic carbocycles. The van der Waals surface area contributed by atoms with Crippen LogP contribution in [0.25, 0.3) is 0 Å². The third-order valence-corrected chi connectivity index (χ3v) is 3.25. The van der Waals surface area contributed by atoms with Crippen LogP contribution < -0.4 is 4.90 Å². The molecule has 0 amide bonds. The molecule has 5 heteroatoms. The van der Waals surface area contributed by atoms with E-state index in [1.807, 2.05) is 24.5 Å². The SMILES string of the molecule is CCN(c1ccccc1)c1cc(Cl)nc(SC)n1. The summed E-state index contributed by atoms with van der Waals surface area (Å²) in [6, 6.07) is 11.9. The Morgan fingerprint density at radius 1 is 1.22 bits per heavy atom. The maximum atomic E-state index is 6.03. The highest BCUT2D eigenvalue weighted by molar-refractivity contribution is 7.98. The van der Waals surface area contributed by atoms with Crippen LogP contribution in [0.1, 0.15) is 6.92 Å². The number of halogens is 1. The van der Waals surface area contributed by atoms with Crippen LogP contribution in [0.3, 0.4) is 0 Å². The minimum atomic E-state index is 0.471. The van der Waals surface area contributed by atoms with E-state index in [-0.39, 0.29) is 0 Å². The van der Waals surface area contributed by atoms with E-state index in [0.717, 1.165) is 18.1 Å². The van der Waals surface area contributed by atoms with Crippen molar-refractivity contribution in [3.05, 3.63) is 41.6 Å². The molecule has 0 saturated heterocycles. The number of thioether (sulfide) groups is 1. The second-order valence-electron chi connectivity index (χ2n) is 3.62. The first-order chi connectivity index (χ1) is 8.74. The number of aromatic nitrogens is 2. The molecule has 0 N–H and O–H groups in total. The van der Waals surface area contributed by atoms with Crippen LogP contribution in [0.5, 0.6) is 0 Å². The molecule has 0 aliphatic rings. The van der Waals surface area contributed by atoms with Crippen molar-refractivity contribution < 1.29 is 0 Å². The van der Waals surface area contributed by atoms with Crippen LogP contribution in [0.2, 0.25) is 5.15 Å². The number of hydrogen-bond acceptors (Lipinski definition) is 4. The van der Waals surface area contributed by atoms with Crippen LogP contribution in [0.15, 0.2) is 41.6 Å². The Labute approximate surface area is 116 Å².